The Balaban J connectivity index is 1.32. The van der Waals surface area contributed by atoms with Gasteiger partial charge < -0.3 is 19.7 Å². The number of hydrogen-bond donors (Lipinski definition) is 1. The molecule has 0 bridgehead atoms. The summed E-state index contributed by atoms with van der Waals surface area (Å²) in [5.74, 6) is 2.68. The zero-order valence-corrected chi connectivity index (χ0v) is 17.3. The highest BCUT2D eigenvalue weighted by Gasteiger charge is 2.21. The molecule has 1 aromatic carbocycles. The molecule has 28 heavy (non-hydrogen) atoms. The molecule has 1 saturated heterocycles. The van der Waals surface area contributed by atoms with Gasteiger partial charge in [-0.1, -0.05) is 6.07 Å². The fourth-order valence-electron chi connectivity index (χ4n) is 3.46. The summed E-state index contributed by atoms with van der Waals surface area (Å²) in [4.78, 5) is 15.3. The van der Waals surface area contributed by atoms with Crippen LogP contribution in [0.4, 0.5) is 0 Å². The van der Waals surface area contributed by atoms with E-state index >= 15 is 0 Å². The summed E-state index contributed by atoms with van der Waals surface area (Å²) in [6, 6.07) is 6.22. The average Bonchev–Trinajstić information content (AvgIpc) is 3.34. The molecule has 1 aromatic heterocycles. The van der Waals surface area contributed by atoms with Gasteiger partial charge in [0, 0.05) is 50.3 Å². The smallest absolute Gasteiger partial charge is 0.231 e. The fourth-order valence-corrected chi connectivity index (χ4v) is 4.17. The molecular formula is C20H27N5O2S. The molecule has 2 aromatic rings. The van der Waals surface area contributed by atoms with E-state index < -0.39 is 0 Å². The van der Waals surface area contributed by atoms with Gasteiger partial charge in [0.05, 0.1) is 6.54 Å². The number of nitrogens with zero attached hydrogens (tertiary/aromatic N) is 4. The van der Waals surface area contributed by atoms with Gasteiger partial charge in [-0.3, -0.25) is 4.90 Å². The summed E-state index contributed by atoms with van der Waals surface area (Å²) in [5.41, 5.74) is 1.26. The molecule has 2 aliphatic rings. The van der Waals surface area contributed by atoms with Gasteiger partial charge in [0.1, 0.15) is 5.01 Å². The molecule has 150 valence electrons. The van der Waals surface area contributed by atoms with E-state index in [1.54, 1.807) is 11.3 Å². The molecule has 2 aliphatic heterocycles. The molecule has 8 heteroatoms. The summed E-state index contributed by atoms with van der Waals surface area (Å²) < 4.78 is 10.9. The van der Waals surface area contributed by atoms with E-state index in [1.807, 2.05) is 12.3 Å². The predicted molar refractivity (Wildman–Crippen MR) is 111 cm³/mol. The molecule has 4 rings (SSSR count). The SMILES string of the molecule is CCNC(=NCc1ncc(C)s1)N1CCN(Cc2ccc3c(c2)OCO3)CC1. The average molecular weight is 402 g/mol. The number of hydrogen-bond acceptors (Lipinski definition) is 6. The van der Waals surface area contributed by atoms with Crippen molar-refractivity contribution in [2.75, 3.05) is 39.5 Å². The van der Waals surface area contributed by atoms with Crippen molar-refractivity contribution in [1.29, 1.82) is 0 Å². The van der Waals surface area contributed by atoms with Crippen molar-refractivity contribution in [2.45, 2.75) is 26.9 Å². The molecule has 7 nitrogen and oxygen atoms in total. The Hall–Kier alpha value is -2.32. The minimum absolute atomic E-state index is 0.324. The Kier molecular flexibility index (Phi) is 5.97. The second-order valence-corrected chi connectivity index (χ2v) is 8.30. The van der Waals surface area contributed by atoms with Crippen molar-refractivity contribution in [2.24, 2.45) is 4.99 Å². The Labute approximate surface area is 170 Å². The minimum atomic E-state index is 0.324. The molecule has 1 N–H and O–H groups in total. The third kappa shape index (κ3) is 4.56. The van der Waals surface area contributed by atoms with Crippen LogP contribution >= 0.6 is 11.3 Å². The van der Waals surface area contributed by atoms with Gasteiger partial charge in [0.15, 0.2) is 17.5 Å². The molecule has 0 atom stereocenters. The van der Waals surface area contributed by atoms with E-state index in [0.29, 0.717) is 13.3 Å². The molecule has 1 fully saturated rings. The number of benzene rings is 1. The van der Waals surface area contributed by atoms with Gasteiger partial charge in [-0.15, -0.1) is 11.3 Å². The number of ether oxygens (including phenoxy) is 2. The molecule has 0 saturated carbocycles. The van der Waals surface area contributed by atoms with Crippen LogP contribution in [0.2, 0.25) is 0 Å². The zero-order valence-electron chi connectivity index (χ0n) is 16.5. The van der Waals surface area contributed by atoms with Crippen molar-refractivity contribution >= 4 is 17.3 Å². The van der Waals surface area contributed by atoms with Crippen LogP contribution in [0.25, 0.3) is 0 Å². The normalized spacial score (nSPS) is 17.2. The van der Waals surface area contributed by atoms with E-state index in [-0.39, 0.29) is 0 Å². The first-order valence-electron chi connectivity index (χ1n) is 9.76. The second-order valence-electron chi connectivity index (χ2n) is 6.99. The standard InChI is InChI=1S/C20H27N5O2S/c1-3-21-20(23-12-19-22-11-15(2)28-19)25-8-6-24(7-9-25)13-16-4-5-17-18(10-16)27-14-26-17/h4-5,10-11H,3,6-9,12-14H2,1-2H3,(H,21,23). The van der Waals surface area contributed by atoms with E-state index in [9.17, 15) is 0 Å². The molecule has 0 unspecified atom stereocenters. The molecular weight excluding hydrogens is 374 g/mol. The number of aromatic nitrogens is 1. The highest BCUT2D eigenvalue weighted by atomic mass is 32.1. The lowest BCUT2D eigenvalue weighted by Crippen LogP contribution is -2.52. The third-order valence-electron chi connectivity index (χ3n) is 4.88. The van der Waals surface area contributed by atoms with Crippen LogP contribution in [0.1, 0.15) is 22.4 Å². The first-order valence-corrected chi connectivity index (χ1v) is 10.6. The van der Waals surface area contributed by atoms with Crippen LogP contribution in [0.15, 0.2) is 29.4 Å². The Morgan fingerprint density at radius 3 is 2.79 bits per heavy atom. The first kappa shape index (κ1) is 19.0. The lowest BCUT2D eigenvalue weighted by Gasteiger charge is -2.36. The Morgan fingerprint density at radius 2 is 2.04 bits per heavy atom. The number of guanidine groups is 1. The molecule has 3 heterocycles. The molecule has 0 amide bonds. The van der Waals surface area contributed by atoms with Crippen molar-refractivity contribution in [3.8, 4) is 11.5 Å². The van der Waals surface area contributed by atoms with Crippen LogP contribution < -0.4 is 14.8 Å². The first-order chi connectivity index (χ1) is 13.7. The lowest BCUT2D eigenvalue weighted by molar-refractivity contribution is 0.171. The Morgan fingerprint density at radius 1 is 1.21 bits per heavy atom. The van der Waals surface area contributed by atoms with Crippen molar-refractivity contribution in [3.63, 3.8) is 0 Å². The quantitative estimate of drug-likeness (QED) is 0.613. The van der Waals surface area contributed by atoms with E-state index in [2.05, 4.69) is 46.1 Å². The van der Waals surface area contributed by atoms with Crippen LogP contribution in [-0.4, -0.2) is 60.3 Å². The summed E-state index contributed by atoms with van der Waals surface area (Å²) in [7, 11) is 0. The Bertz CT molecular complexity index is 830. The number of thiazole rings is 1. The number of aryl methyl sites for hydroxylation is 1. The summed E-state index contributed by atoms with van der Waals surface area (Å²) in [6.45, 7) is 10.9. The molecule has 0 radical (unpaired) electrons. The third-order valence-corrected chi connectivity index (χ3v) is 5.78. The topological polar surface area (TPSA) is 62.2 Å². The largest absolute Gasteiger partial charge is 0.454 e. The summed E-state index contributed by atoms with van der Waals surface area (Å²) >= 11 is 1.71. The van der Waals surface area contributed by atoms with Gasteiger partial charge in [-0.2, -0.15) is 0 Å². The van der Waals surface area contributed by atoms with E-state index in [1.165, 1.54) is 10.4 Å². The fraction of sp³-hybridized carbons (Fsp3) is 0.500. The number of fused-ring (bicyclic) bond motifs is 1. The van der Waals surface area contributed by atoms with Crippen LogP contribution in [0, 0.1) is 6.92 Å². The summed E-state index contributed by atoms with van der Waals surface area (Å²) in [5, 5.41) is 4.49. The maximum Gasteiger partial charge on any atom is 0.231 e. The molecule has 0 aliphatic carbocycles. The summed E-state index contributed by atoms with van der Waals surface area (Å²) in [6.07, 6.45) is 1.91. The van der Waals surface area contributed by atoms with Gasteiger partial charge in [0.2, 0.25) is 6.79 Å². The maximum absolute atomic E-state index is 5.49. The second kappa shape index (κ2) is 8.79. The highest BCUT2D eigenvalue weighted by Crippen LogP contribution is 2.32. The van der Waals surface area contributed by atoms with Gasteiger partial charge in [-0.05, 0) is 31.5 Å². The van der Waals surface area contributed by atoms with E-state index in [0.717, 1.165) is 61.7 Å². The zero-order chi connectivity index (χ0) is 19.3. The van der Waals surface area contributed by atoms with Crippen molar-refractivity contribution in [3.05, 3.63) is 39.8 Å². The van der Waals surface area contributed by atoms with Crippen molar-refractivity contribution in [1.82, 2.24) is 20.1 Å². The number of piperazine rings is 1. The van der Waals surface area contributed by atoms with Crippen molar-refractivity contribution < 1.29 is 9.47 Å². The van der Waals surface area contributed by atoms with Gasteiger partial charge in [-0.25, -0.2) is 9.98 Å². The lowest BCUT2D eigenvalue weighted by atomic mass is 10.1. The van der Waals surface area contributed by atoms with E-state index in [4.69, 9.17) is 14.5 Å². The number of nitrogens with one attached hydrogen (secondary N) is 1. The van der Waals surface area contributed by atoms with Crippen LogP contribution in [0.3, 0.4) is 0 Å². The van der Waals surface area contributed by atoms with Crippen LogP contribution in [0.5, 0.6) is 11.5 Å². The molecule has 0 spiro atoms. The monoisotopic (exact) mass is 401 g/mol. The predicted octanol–water partition coefficient (Wildman–Crippen LogP) is 2.46. The van der Waals surface area contributed by atoms with Gasteiger partial charge in [0.25, 0.3) is 0 Å². The van der Waals surface area contributed by atoms with Crippen LogP contribution in [-0.2, 0) is 13.1 Å². The number of aliphatic imine (C=N–C) groups is 1. The maximum atomic E-state index is 5.49. The van der Waals surface area contributed by atoms with Gasteiger partial charge >= 0.3 is 0 Å². The highest BCUT2D eigenvalue weighted by molar-refractivity contribution is 7.11. The minimum Gasteiger partial charge on any atom is -0.454 e. The number of rotatable bonds is 5.